The minimum absolute atomic E-state index is 0.150. The minimum atomic E-state index is -0.521. The highest BCUT2D eigenvalue weighted by Crippen LogP contribution is 2.32. The summed E-state index contributed by atoms with van der Waals surface area (Å²) in [5.41, 5.74) is 2.59. The van der Waals surface area contributed by atoms with E-state index in [1.54, 1.807) is 29.8 Å². The van der Waals surface area contributed by atoms with E-state index in [0.717, 1.165) is 25.9 Å². The SMILES string of the molecule is Cc1cccc(C2CCN(c3nc4c(c(=O)[nH]c(=O)n4C)n3Cc3ccccc3F)CC2)c1. The number of benzene rings is 2. The number of halogens is 1. The fourth-order valence-electron chi connectivity index (χ4n) is 4.75. The fourth-order valence-corrected chi connectivity index (χ4v) is 4.75. The van der Waals surface area contributed by atoms with E-state index >= 15 is 0 Å². The zero-order valence-corrected chi connectivity index (χ0v) is 18.7. The van der Waals surface area contributed by atoms with Gasteiger partial charge in [0.25, 0.3) is 5.56 Å². The Balaban J connectivity index is 1.54. The maximum Gasteiger partial charge on any atom is 0.329 e. The molecule has 33 heavy (non-hydrogen) atoms. The second kappa shape index (κ2) is 8.35. The van der Waals surface area contributed by atoms with Crippen LogP contribution in [0.15, 0.2) is 58.1 Å². The Hall–Kier alpha value is -3.68. The Kier molecular flexibility index (Phi) is 5.36. The molecule has 1 N–H and O–H groups in total. The molecule has 0 aliphatic carbocycles. The highest BCUT2D eigenvalue weighted by Gasteiger charge is 2.27. The monoisotopic (exact) mass is 447 g/mol. The normalized spacial score (nSPS) is 14.8. The van der Waals surface area contributed by atoms with E-state index in [4.69, 9.17) is 4.98 Å². The van der Waals surface area contributed by atoms with Crippen molar-refractivity contribution in [3.05, 3.63) is 91.9 Å². The van der Waals surface area contributed by atoms with Gasteiger partial charge in [-0.1, -0.05) is 48.0 Å². The van der Waals surface area contributed by atoms with Crippen molar-refractivity contribution in [3.63, 3.8) is 0 Å². The molecule has 0 bridgehead atoms. The number of hydrogen-bond acceptors (Lipinski definition) is 4. The first-order valence-corrected chi connectivity index (χ1v) is 11.2. The van der Waals surface area contributed by atoms with Gasteiger partial charge < -0.3 is 4.90 Å². The van der Waals surface area contributed by atoms with Crippen LogP contribution in [0.3, 0.4) is 0 Å². The number of H-pyrrole nitrogens is 1. The zero-order valence-electron chi connectivity index (χ0n) is 18.7. The van der Waals surface area contributed by atoms with Gasteiger partial charge in [0.05, 0.1) is 6.54 Å². The van der Waals surface area contributed by atoms with Crippen molar-refractivity contribution in [1.29, 1.82) is 0 Å². The Morgan fingerprint density at radius 1 is 1.09 bits per heavy atom. The molecule has 0 atom stereocenters. The number of fused-ring (bicyclic) bond motifs is 1. The van der Waals surface area contributed by atoms with Gasteiger partial charge in [-0.25, -0.2) is 9.18 Å². The fraction of sp³-hybridized carbons (Fsp3) is 0.320. The van der Waals surface area contributed by atoms with E-state index in [1.807, 2.05) is 0 Å². The average Bonchev–Trinajstić information content (AvgIpc) is 3.19. The summed E-state index contributed by atoms with van der Waals surface area (Å²) in [7, 11) is 1.58. The number of aromatic nitrogens is 4. The van der Waals surface area contributed by atoms with Crippen LogP contribution in [0.1, 0.15) is 35.4 Å². The zero-order chi connectivity index (χ0) is 23.1. The van der Waals surface area contributed by atoms with Crippen molar-refractivity contribution in [2.24, 2.45) is 7.05 Å². The molecule has 170 valence electrons. The van der Waals surface area contributed by atoms with Crippen molar-refractivity contribution in [2.75, 3.05) is 18.0 Å². The second-order valence-electron chi connectivity index (χ2n) is 8.76. The number of piperidine rings is 1. The molecule has 0 spiro atoms. The van der Waals surface area contributed by atoms with E-state index in [0.29, 0.717) is 23.1 Å². The molecule has 0 unspecified atom stereocenters. The van der Waals surface area contributed by atoms with Gasteiger partial charge in [0, 0.05) is 25.7 Å². The molecule has 1 saturated heterocycles. The number of nitrogens with one attached hydrogen (secondary N) is 1. The number of rotatable bonds is 4. The predicted molar refractivity (Wildman–Crippen MR) is 126 cm³/mol. The van der Waals surface area contributed by atoms with E-state index in [9.17, 15) is 14.0 Å². The van der Waals surface area contributed by atoms with Crippen molar-refractivity contribution < 1.29 is 4.39 Å². The first kappa shape index (κ1) is 21.2. The summed E-state index contributed by atoms with van der Waals surface area (Å²) in [5.74, 6) is 0.700. The summed E-state index contributed by atoms with van der Waals surface area (Å²) in [6.07, 6.45) is 1.89. The third-order valence-corrected chi connectivity index (χ3v) is 6.56. The summed E-state index contributed by atoms with van der Waals surface area (Å²) in [5, 5.41) is 0. The number of nitrogens with zero attached hydrogens (tertiary/aromatic N) is 4. The Bertz CT molecular complexity index is 1440. The van der Waals surface area contributed by atoms with Crippen molar-refractivity contribution in [1.82, 2.24) is 19.1 Å². The van der Waals surface area contributed by atoms with E-state index < -0.39 is 11.2 Å². The van der Waals surface area contributed by atoms with E-state index in [1.165, 1.54) is 21.8 Å². The van der Waals surface area contributed by atoms with Crippen molar-refractivity contribution in [3.8, 4) is 0 Å². The summed E-state index contributed by atoms with van der Waals surface area (Å²) in [6, 6.07) is 15.1. The Morgan fingerprint density at radius 2 is 1.85 bits per heavy atom. The average molecular weight is 448 g/mol. The largest absolute Gasteiger partial charge is 0.342 e. The summed E-state index contributed by atoms with van der Waals surface area (Å²) in [4.78, 5) is 34.1. The molecule has 2 aromatic heterocycles. The third kappa shape index (κ3) is 3.86. The molecular weight excluding hydrogens is 421 g/mol. The lowest BCUT2D eigenvalue weighted by molar-refractivity contribution is 0.494. The summed E-state index contributed by atoms with van der Waals surface area (Å²) >= 11 is 0. The Labute approximate surface area is 190 Å². The topological polar surface area (TPSA) is 75.9 Å². The van der Waals surface area contributed by atoms with Crippen LogP contribution in [0, 0.1) is 12.7 Å². The van der Waals surface area contributed by atoms with Gasteiger partial charge in [-0.15, -0.1) is 0 Å². The highest BCUT2D eigenvalue weighted by atomic mass is 19.1. The third-order valence-electron chi connectivity index (χ3n) is 6.56. The molecule has 8 heteroatoms. The van der Waals surface area contributed by atoms with Crippen LogP contribution in [-0.4, -0.2) is 32.2 Å². The first-order valence-electron chi connectivity index (χ1n) is 11.2. The van der Waals surface area contributed by atoms with E-state index in [2.05, 4.69) is 41.1 Å². The van der Waals surface area contributed by atoms with Crippen molar-refractivity contribution >= 4 is 17.1 Å². The lowest BCUT2D eigenvalue weighted by Crippen LogP contribution is -2.35. The standard InChI is InChI=1S/C25H26FN5O2/c1-16-6-5-8-18(14-16)17-10-12-30(13-11-17)24-27-22-21(23(32)28-25(33)29(22)2)31(24)15-19-7-3-4-9-20(19)26/h3-9,14,17H,10-13,15H2,1-2H3,(H,28,32,33). The quantitative estimate of drug-likeness (QED) is 0.521. The minimum Gasteiger partial charge on any atom is -0.342 e. The lowest BCUT2D eigenvalue weighted by atomic mass is 9.89. The van der Waals surface area contributed by atoms with Gasteiger partial charge in [0.1, 0.15) is 5.82 Å². The van der Waals surface area contributed by atoms with Gasteiger partial charge in [-0.3, -0.25) is 18.9 Å². The van der Waals surface area contributed by atoms with Crippen LogP contribution in [0.25, 0.3) is 11.2 Å². The number of anilines is 1. The highest BCUT2D eigenvalue weighted by molar-refractivity contribution is 5.74. The smallest absolute Gasteiger partial charge is 0.329 e. The maximum absolute atomic E-state index is 14.5. The molecule has 7 nitrogen and oxygen atoms in total. The van der Waals surface area contributed by atoms with E-state index in [-0.39, 0.29) is 17.9 Å². The van der Waals surface area contributed by atoms with Crippen molar-refractivity contribution in [2.45, 2.75) is 32.2 Å². The number of hydrogen-bond donors (Lipinski definition) is 1. The Morgan fingerprint density at radius 3 is 2.58 bits per heavy atom. The molecule has 1 aliphatic rings. The summed E-state index contributed by atoms with van der Waals surface area (Å²) in [6.45, 7) is 3.76. The lowest BCUT2D eigenvalue weighted by Gasteiger charge is -2.33. The molecule has 1 aliphatic heterocycles. The molecular formula is C25H26FN5O2. The van der Waals surface area contributed by atoms with Gasteiger partial charge in [-0.05, 0) is 37.3 Å². The van der Waals surface area contributed by atoms with Crippen LogP contribution in [0.5, 0.6) is 0 Å². The maximum atomic E-state index is 14.5. The summed E-state index contributed by atoms with van der Waals surface area (Å²) < 4.78 is 17.5. The predicted octanol–water partition coefficient (Wildman–Crippen LogP) is 3.30. The van der Waals surface area contributed by atoms with Crippen LogP contribution in [0.4, 0.5) is 10.3 Å². The molecule has 2 aromatic carbocycles. The number of imidazole rings is 1. The van der Waals surface area contributed by atoms with Gasteiger partial charge in [0.2, 0.25) is 5.95 Å². The second-order valence-corrected chi connectivity index (χ2v) is 8.76. The molecule has 0 saturated carbocycles. The van der Waals surface area contributed by atoms with Gasteiger partial charge in [0.15, 0.2) is 11.2 Å². The number of aromatic amines is 1. The first-order chi connectivity index (χ1) is 15.9. The molecule has 1 fully saturated rings. The van der Waals surface area contributed by atoms with Crippen LogP contribution >= 0.6 is 0 Å². The molecule has 0 radical (unpaired) electrons. The molecule has 0 amide bonds. The van der Waals surface area contributed by atoms with Gasteiger partial charge >= 0.3 is 5.69 Å². The molecule has 5 rings (SSSR count). The van der Waals surface area contributed by atoms with Gasteiger partial charge in [-0.2, -0.15) is 4.98 Å². The molecule has 3 heterocycles. The van der Waals surface area contributed by atoms with Crippen LogP contribution < -0.4 is 16.1 Å². The number of aryl methyl sites for hydroxylation is 2. The van der Waals surface area contributed by atoms with Crippen LogP contribution in [-0.2, 0) is 13.6 Å². The van der Waals surface area contributed by atoms with Crippen LogP contribution in [0.2, 0.25) is 0 Å². The molecule has 4 aromatic rings.